The molecule has 1 aromatic rings. The molecule has 4 rings (SSSR count). The zero-order valence-electron chi connectivity index (χ0n) is 13.7. The molecule has 2 aliphatic heterocycles. The van der Waals surface area contributed by atoms with Gasteiger partial charge in [0.1, 0.15) is 13.2 Å². The molecule has 8 heteroatoms. The van der Waals surface area contributed by atoms with Crippen LogP contribution in [0.1, 0.15) is 19.3 Å². The van der Waals surface area contributed by atoms with Crippen molar-refractivity contribution in [3.63, 3.8) is 0 Å². The minimum absolute atomic E-state index is 0.293. The quantitative estimate of drug-likeness (QED) is 0.688. The molecule has 1 saturated carbocycles. The third-order valence-corrected chi connectivity index (χ3v) is 5.49. The van der Waals surface area contributed by atoms with E-state index in [1.165, 1.54) is 0 Å². The summed E-state index contributed by atoms with van der Waals surface area (Å²) in [5, 5.41) is 9.18. The summed E-state index contributed by atoms with van der Waals surface area (Å²) in [7, 11) is 0. The van der Waals surface area contributed by atoms with E-state index in [9.17, 15) is 9.59 Å². The van der Waals surface area contributed by atoms with Crippen LogP contribution in [0.25, 0.3) is 0 Å². The van der Waals surface area contributed by atoms with Crippen LogP contribution in [0, 0.1) is 5.92 Å². The monoisotopic (exact) mass is 365 g/mol. The Morgan fingerprint density at radius 1 is 1.24 bits per heavy atom. The lowest BCUT2D eigenvalue weighted by atomic mass is 9.90. The van der Waals surface area contributed by atoms with E-state index in [1.54, 1.807) is 12.1 Å². The predicted octanol–water partition coefficient (Wildman–Crippen LogP) is 1.31. The Labute approximate surface area is 150 Å². The summed E-state index contributed by atoms with van der Waals surface area (Å²) in [5.41, 5.74) is 0.109. The third-order valence-electron chi connectivity index (χ3n) is 5.21. The topological polar surface area (TPSA) is 88.7 Å². The van der Waals surface area contributed by atoms with E-state index < -0.39 is 11.8 Å². The number of fused-ring (bicyclic) bond motifs is 2. The van der Waals surface area contributed by atoms with Crippen molar-refractivity contribution >= 4 is 29.1 Å². The molecule has 134 valence electrons. The van der Waals surface area contributed by atoms with Crippen molar-refractivity contribution in [2.24, 2.45) is 5.92 Å². The molecule has 3 aliphatic rings. The number of amides is 2. The molecule has 0 unspecified atom stereocenters. The van der Waals surface area contributed by atoms with E-state index >= 15 is 0 Å². The van der Waals surface area contributed by atoms with Crippen molar-refractivity contribution in [2.45, 2.75) is 24.8 Å². The molecule has 1 aromatic carbocycles. The summed E-state index contributed by atoms with van der Waals surface area (Å²) in [5.74, 6) is -0.0155. The number of hydrogen-bond donors (Lipinski definition) is 3. The second-order valence-corrected chi connectivity index (χ2v) is 7.17. The maximum atomic E-state index is 12.4. The van der Waals surface area contributed by atoms with Gasteiger partial charge in [0.2, 0.25) is 0 Å². The predicted molar refractivity (Wildman–Crippen MR) is 92.2 cm³/mol. The molecule has 1 saturated heterocycles. The number of benzene rings is 1. The molecule has 0 bridgehead atoms. The molecule has 7 nitrogen and oxygen atoms in total. The fourth-order valence-corrected chi connectivity index (χ4v) is 4.27. The molecule has 0 radical (unpaired) electrons. The Bertz CT molecular complexity index is 714. The molecule has 2 heterocycles. The number of nitrogens with one attached hydrogen (secondary N) is 3. The molecular weight excluding hydrogens is 346 g/mol. The lowest BCUT2D eigenvalue weighted by Crippen LogP contribution is -2.54. The van der Waals surface area contributed by atoms with E-state index in [0.717, 1.165) is 25.8 Å². The van der Waals surface area contributed by atoms with Crippen molar-refractivity contribution in [3.8, 4) is 11.5 Å². The Hall–Kier alpha value is -1.99. The zero-order valence-corrected chi connectivity index (χ0v) is 14.4. The maximum absolute atomic E-state index is 12.4. The van der Waals surface area contributed by atoms with Crippen molar-refractivity contribution in [3.05, 3.63) is 17.2 Å². The van der Waals surface area contributed by atoms with Crippen LogP contribution >= 0.6 is 11.6 Å². The summed E-state index contributed by atoms with van der Waals surface area (Å²) in [4.78, 5) is 24.7. The van der Waals surface area contributed by atoms with E-state index in [1.807, 2.05) is 0 Å². The molecule has 1 aliphatic carbocycles. The highest BCUT2D eigenvalue weighted by atomic mass is 35.5. The Morgan fingerprint density at radius 2 is 2.08 bits per heavy atom. The lowest BCUT2D eigenvalue weighted by Gasteiger charge is -2.29. The van der Waals surface area contributed by atoms with Crippen LogP contribution in [-0.2, 0) is 9.59 Å². The van der Waals surface area contributed by atoms with E-state index in [0.29, 0.717) is 47.9 Å². The second kappa shape index (κ2) is 6.38. The normalized spacial score (nSPS) is 26.8. The second-order valence-electron chi connectivity index (χ2n) is 6.77. The van der Waals surface area contributed by atoms with E-state index in [-0.39, 0.29) is 5.54 Å². The molecule has 25 heavy (non-hydrogen) atoms. The maximum Gasteiger partial charge on any atom is 0.313 e. The largest absolute Gasteiger partial charge is 0.486 e. The fraction of sp³-hybridized carbons (Fsp3) is 0.529. The Morgan fingerprint density at radius 3 is 2.96 bits per heavy atom. The first-order valence-corrected chi connectivity index (χ1v) is 8.88. The van der Waals surface area contributed by atoms with Crippen molar-refractivity contribution in [2.75, 3.05) is 31.6 Å². The molecule has 0 spiro atoms. The van der Waals surface area contributed by atoms with Gasteiger partial charge >= 0.3 is 11.8 Å². The molecule has 0 aromatic heterocycles. The van der Waals surface area contributed by atoms with Gasteiger partial charge in [0.25, 0.3) is 0 Å². The van der Waals surface area contributed by atoms with Crippen LogP contribution < -0.4 is 25.4 Å². The summed E-state index contributed by atoms with van der Waals surface area (Å²) in [6.07, 6.45) is 3.05. The average Bonchev–Trinajstić information content (AvgIpc) is 3.14. The van der Waals surface area contributed by atoms with Gasteiger partial charge in [-0.05, 0) is 24.8 Å². The first kappa shape index (κ1) is 16.5. The first-order chi connectivity index (χ1) is 12.1. The van der Waals surface area contributed by atoms with E-state index in [4.69, 9.17) is 21.1 Å². The van der Waals surface area contributed by atoms with Crippen LogP contribution in [0.3, 0.4) is 0 Å². The van der Waals surface area contributed by atoms with Gasteiger partial charge in [0, 0.05) is 24.8 Å². The molecule has 2 amide bonds. The first-order valence-electron chi connectivity index (χ1n) is 8.51. The van der Waals surface area contributed by atoms with Crippen molar-refractivity contribution < 1.29 is 19.1 Å². The van der Waals surface area contributed by atoms with Crippen LogP contribution in [0.15, 0.2) is 12.1 Å². The standard InChI is InChI=1S/C17H20ClN3O4/c18-12-6-11(7-13-14(12)25-5-4-24-13)20-15(22)16(23)21-17-3-1-2-10(17)8-19-9-17/h6-7,10,19H,1-5,8-9H2,(H,20,22)(H,21,23)/t10-,17-/m0/s1. The average molecular weight is 366 g/mol. The van der Waals surface area contributed by atoms with Gasteiger partial charge in [-0.3, -0.25) is 9.59 Å². The fourth-order valence-electron chi connectivity index (χ4n) is 4.01. The number of carbonyl (C=O) groups excluding carboxylic acids is 2. The number of hydrogen-bond acceptors (Lipinski definition) is 5. The highest BCUT2D eigenvalue weighted by Crippen LogP contribution is 2.40. The van der Waals surface area contributed by atoms with Gasteiger partial charge in [0.05, 0.1) is 10.6 Å². The zero-order chi connectivity index (χ0) is 17.4. The molecule has 2 fully saturated rings. The SMILES string of the molecule is O=C(Nc1cc(Cl)c2c(c1)OCCO2)C(=O)N[C@]12CCC[C@H]1CNC2. The summed E-state index contributed by atoms with van der Waals surface area (Å²) in [6, 6.07) is 3.16. The number of rotatable bonds is 2. The van der Waals surface area contributed by atoms with Gasteiger partial charge in [-0.2, -0.15) is 0 Å². The molecular formula is C17H20ClN3O4. The number of anilines is 1. The Kier molecular flexibility index (Phi) is 4.21. The van der Waals surface area contributed by atoms with Crippen LogP contribution in [0.2, 0.25) is 5.02 Å². The highest BCUT2D eigenvalue weighted by Gasteiger charge is 2.47. The highest BCUT2D eigenvalue weighted by molar-refractivity contribution is 6.40. The summed E-state index contributed by atoms with van der Waals surface area (Å²) >= 11 is 6.15. The van der Waals surface area contributed by atoms with Gasteiger partial charge in [0.15, 0.2) is 11.5 Å². The van der Waals surface area contributed by atoms with Crippen LogP contribution in [-0.4, -0.2) is 43.7 Å². The third kappa shape index (κ3) is 3.02. The number of carbonyl (C=O) groups is 2. The summed E-state index contributed by atoms with van der Waals surface area (Å²) in [6.45, 7) is 2.45. The number of ether oxygens (including phenoxy) is 2. The Balaban J connectivity index is 1.45. The summed E-state index contributed by atoms with van der Waals surface area (Å²) < 4.78 is 10.9. The number of halogens is 1. The molecule has 2 atom stereocenters. The van der Waals surface area contributed by atoms with Crippen LogP contribution in [0.4, 0.5) is 5.69 Å². The van der Waals surface area contributed by atoms with Gasteiger partial charge in [-0.1, -0.05) is 18.0 Å². The van der Waals surface area contributed by atoms with E-state index in [2.05, 4.69) is 16.0 Å². The van der Waals surface area contributed by atoms with Crippen molar-refractivity contribution in [1.82, 2.24) is 10.6 Å². The van der Waals surface area contributed by atoms with Gasteiger partial charge in [-0.15, -0.1) is 0 Å². The minimum Gasteiger partial charge on any atom is -0.486 e. The minimum atomic E-state index is -0.709. The van der Waals surface area contributed by atoms with Gasteiger partial charge < -0.3 is 25.4 Å². The molecule has 3 N–H and O–H groups in total. The smallest absolute Gasteiger partial charge is 0.313 e. The van der Waals surface area contributed by atoms with Crippen molar-refractivity contribution in [1.29, 1.82) is 0 Å². The van der Waals surface area contributed by atoms with Gasteiger partial charge in [-0.25, -0.2) is 0 Å². The lowest BCUT2D eigenvalue weighted by molar-refractivity contribution is -0.137. The van der Waals surface area contributed by atoms with Crippen LogP contribution in [0.5, 0.6) is 11.5 Å².